The Labute approximate surface area is 87.7 Å². The topological polar surface area (TPSA) is 37.3 Å². The molecule has 1 saturated carbocycles. The lowest BCUT2D eigenvalue weighted by atomic mass is 9.79. The van der Waals surface area contributed by atoms with Crippen molar-refractivity contribution < 1.29 is 14.3 Å². The molecule has 0 heterocycles. The van der Waals surface area contributed by atoms with Crippen molar-refractivity contribution in [2.24, 2.45) is 0 Å². The molecule has 2 rings (SSSR count). The predicted molar refractivity (Wildman–Crippen MR) is 54.2 cm³/mol. The Hall–Kier alpha value is -1.38. The molecule has 3 heteroatoms. The fraction of sp³-hybridized carbons (Fsp3) is 0.417. The number of hydrogen-bond acceptors (Lipinski definition) is 1. The van der Waals surface area contributed by atoms with Crippen molar-refractivity contribution >= 4 is 5.97 Å². The van der Waals surface area contributed by atoms with Gasteiger partial charge in [-0.15, -0.1) is 0 Å². The number of hydrogen-bond donors (Lipinski definition) is 1. The third-order valence-electron chi connectivity index (χ3n) is 3.26. The zero-order valence-corrected chi connectivity index (χ0v) is 8.37. The van der Waals surface area contributed by atoms with E-state index >= 15 is 0 Å². The van der Waals surface area contributed by atoms with Gasteiger partial charge in [0, 0.05) is 0 Å². The van der Waals surface area contributed by atoms with Crippen LogP contribution in [-0.4, -0.2) is 11.1 Å². The van der Waals surface area contributed by atoms with Crippen molar-refractivity contribution in [1.29, 1.82) is 0 Å². The van der Waals surface area contributed by atoms with Crippen molar-refractivity contribution in [1.82, 2.24) is 0 Å². The zero-order valence-electron chi connectivity index (χ0n) is 8.37. The van der Waals surface area contributed by atoms with Crippen LogP contribution in [0.4, 0.5) is 4.39 Å². The molecule has 2 nitrogen and oxygen atoms in total. The van der Waals surface area contributed by atoms with Gasteiger partial charge in [0.15, 0.2) is 0 Å². The number of carboxylic acid groups (broad SMARTS) is 1. The first-order chi connectivity index (χ1) is 7.15. The number of carboxylic acids is 1. The molecule has 15 heavy (non-hydrogen) atoms. The molecule has 1 N–H and O–H groups in total. The quantitative estimate of drug-likeness (QED) is 0.811. The monoisotopic (exact) mass is 208 g/mol. The highest BCUT2D eigenvalue weighted by atomic mass is 19.1. The average Bonchev–Trinajstić information content (AvgIpc) is 2.69. The van der Waals surface area contributed by atoms with Gasteiger partial charge in [-0.2, -0.15) is 0 Å². The van der Waals surface area contributed by atoms with E-state index in [-0.39, 0.29) is 5.82 Å². The van der Waals surface area contributed by atoms with E-state index in [1.165, 1.54) is 12.1 Å². The van der Waals surface area contributed by atoms with Crippen LogP contribution in [0.5, 0.6) is 0 Å². The lowest BCUT2D eigenvalue weighted by Crippen LogP contribution is -2.32. The summed E-state index contributed by atoms with van der Waals surface area (Å²) >= 11 is 0. The van der Waals surface area contributed by atoms with Gasteiger partial charge < -0.3 is 5.11 Å². The van der Waals surface area contributed by atoms with Crippen LogP contribution >= 0.6 is 0 Å². The van der Waals surface area contributed by atoms with E-state index < -0.39 is 11.4 Å². The van der Waals surface area contributed by atoms with E-state index in [0.29, 0.717) is 12.8 Å². The molecule has 1 aromatic carbocycles. The summed E-state index contributed by atoms with van der Waals surface area (Å²) in [4.78, 5) is 11.3. The van der Waals surface area contributed by atoms with Crippen LogP contribution in [0.3, 0.4) is 0 Å². The van der Waals surface area contributed by atoms with Gasteiger partial charge in [0.2, 0.25) is 0 Å². The van der Waals surface area contributed by atoms with Crippen molar-refractivity contribution in [3.8, 4) is 0 Å². The fourth-order valence-electron chi connectivity index (χ4n) is 2.37. The second kappa shape index (κ2) is 3.65. The molecule has 0 aliphatic heterocycles. The molecule has 1 aromatic rings. The van der Waals surface area contributed by atoms with E-state index in [9.17, 15) is 14.3 Å². The van der Waals surface area contributed by atoms with Gasteiger partial charge in [-0.3, -0.25) is 4.79 Å². The van der Waals surface area contributed by atoms with Gasteiger partial charge in [-0.25, -0.2) is 4.39 Å². The van der Waals surface area contributed by atoms with Crippen molar-refractivity contribution in [2.45, 2.75) is 31.1 Å². The molecule has 0 amide bonds. The molecule has 0 aromatic heterocycles. The SMILES string of the molecule is O=C(O)C1(c2ccc(F)cc2)CCCC1. The van der Waals surface area contributed by atoms with Crippen LogP contribution in [0.25, 0.3) is 0 Å². The minimum absolute atomic E-state index is 0.322. The van der Waals surface area contributed by atoms with Crippen molar-refractivity contribution in [3.05, 3.63) is 35.6 Å². The van der Waals surface area contributed by atoms with Crippen LogP contribution in [0.1, 0.15) is 31.2 Å². The van der Waals surface area contributed by atoms with Gasteiger partial charge in [-0.1, -0.05) is 25.0 Å². The summed E-state index contributed by atoms with van der Waals surface area (Å²) in [6, 6.07) is 5.85. The molecule has 0 radical (unpaired) electrons. The number of halogens is 1. The molecule has 0 atom stereocenters. The zero-order chi connectivity index (χ0) is 10.9. The highest BCUT2D eigenvalue weighted by Gasteiger charge is 2.42. The minimum Gasteiger partial charge on any atom is -0.481 e. The van der Waals surface area contributed by atoms with Crippen molar-refractivity contribution in [2.75, 3.05) is 0 Å². The summed E-state index contributed by atoms with van der Waals surface area (Å²) in [5.41, 5.74) is -0.0397. The molecule has 1 aliphatic rings. The van der Waals surface area contributed by atoms with Crippen molar-refractivity contribution in [3.63, 3.8) is 0 Å². The second-order valence-electron chi connectivity index (χ2n) is 4.10. The van der Waals surface area contributed by atoms with E-state index in [1.807, 2.05) is 0 Å². The smallest absolute Gasteiger partial charge is 0.314 e. The van der Waals surface area contributed by atoms with Crippen LogP contribution < -0.4 is 0 Å². The standard InChI is InChI=1S/C12H13FO2/c13-10-5-3-9(4-6-10)12(11(14)15)7-1-2-8-12/h3-6H,1-2,7-8H2,(H,14,15). The summed E-state index contributed by atoms with van der Waals surface area (Å²) in [5, 5.41) is 9.29. The lowest BCUT2D eigenvalue weighted by Gasteiger charge is -2.24. The molecule has 0 saturated heterocycles. The summed E-state index contributed by atoms with van der Waals surface area (Å²) in [6.45, 7) is 0. The van der Waals surface area contributed by atoms with Crippen LogP contribution in [-0.2, 0) is 10.2 Å². The predicted octanol–water partition coefficient (Wildman–Crippen LogP) is 2.72. The third-order valence-corrected chi connectivity index (χ3v) is 3.26. The average molecular weight is 208 g/mol. The van der Waals surface area contributed by atoms with Gasteiger partial charge in [-0.05, 0) is 30.5 Å². The Balaban J connectivity index is 2.41. The lowest BCUT2D eigenvalue weighted by molar-refractivity contribution is -0.143. The van der Waals surface area contributed by atoms with Crippen LogP contribution in [0.2, 0.25) is 0 Å². The van der Waals surface area contributed by atoms with Crippen LogP contribution in [0, 0.1) is 5.82 Å². The number of benzene rings is 1. The Morgan fingerprint density at radius 3 is 2.20 bits per heavy atom. The van der Waals surface area contributed by atoms with Gasteiger partial charge in [0.05, 0.1) is 5.41 Å². The summed E-state index contributed by atoms with van der Waals surface area (Å²) in [5.74, 6) is -1.11. The highest BCUT2D eigenvalue weighted by Crippen LogP contribution is 2.41. The third kappa shape index (κ3) is 1.62. The number of rotatable bonds is 2. The molecular formula is C12H13FO2. The fourth-order valence-corrected chi connectivity index (χ4v) is 2.37. The Morgan fingerprint density at radius 2 is 1.73 bits per heavy atom. The van der Waals surface area contributed by atoms with E-state index in [4.69, 9.17) is 0 Å². The minimum atomic E-state index is -0.786. The Kier molecular flexibility index (Phi) is 2.47. The molecule has 80 valence electrons. The Morgan fingerprint density at radius 1 is 1.20 bits per heavy atom. The van der Waals surface area contributed by atoms with E-state index in [1.54, 1.807) is 12.1 Å². The van der Waals surface area contributed by atoms with E-state index in [2.05, 4.69) is 0 Å². The molecule has 0 spiro atoms. The largest absolute Gasteiger partial charge is 0.481 e. The first-order valence-corrected chi connectivity index (χ1v) is 5.15. The maximum Gasteiger partial charge on any atom is 0.314 e. The second-order valence-corrected chi connectivity index (χ2v) is 4.10. The number of aliphatic carboxylic acids is 1. The first-order valence-electron chi connectivity index (χ1n) is 5.15. The molecule has 0 bridgehead atoms. The summed E-state index contributed by atoms with van der Waals surface area (Å²) in [7, 11) is 0. The van der Waals surface area contributed by atoms with Gasteiger partial charge in [0.1, 0.15) is 5.82 Å². The van der Waals surface area contributed by atoms with Crippen LogP contribution in [0.15, 0.2) is 24.3 Å². The van der Waals surface area contributed by atoms with Gasteiger partial charge in [0.25, 0.3) is 0 Å². The highest BCUT2D eigenvalue weighted by molar-refractivity contribution is 5.81. The maximum absolute atomic E-state index is 12.8. The molecule has 1 aliphatic carbocycles. The molecular weight excluding hydrogens is 195 g/mol. The maximum atomic E-state index is 12.8. The summed E-state index contributed by atoms with van der Waals surface area (Å²) in [6.07, 6.45) is 3.19. The molecule has 0 unspecified atom stereocenters. The number of carbonyl (C=O) groups is 1. The normalized spacial score (nSPS) is 19.0. The first kappa shape index (κ1) is 10.1. The molecule has 1 fully saturated rings. The van der Waals surface area contributed by atoms with Gasteiger partial charge >= 0.3 is 5.97 Å². The Bertz CT molecular complexity index is 364. The van der Waals surface area contributed by atoms with E-state index in [0.717, 1.165) is 18.4 Å². The summed E-state index contributed by atoms with van der Waals surface area (Å²) < 4.78 is 12.8.